The molecule has 1 amide bonds. The van der Waals surface area contributed by atoms with Gasteiger partial charge in [-0.15, -0.1) is 11.8 Å². The van der Waals surface area contributed by atoms with E-state index in [2.05, 4.69) is 0 Å². The number of carboxylic acid groups (broad SMARTS) is 1. The first-order chi connectivity index (χ1) is 14.5. The van der Waals surface area contributed by atoms with Crippen LogP contribution < -0.4 is 4.90 Å². The van der Waals surface area contributed by atoms with E-state index in [1.807, 2.05) is 6.92 Å². The lowest BCUT2D eigenvalue weighted by Gasteiger charge is -2.29. The molecule has 4 rings (SSSR count). The molecule has 1 aliphatic carbocycles. The monoisotopic (exact) mass is 427 g/mol. The van der Waals surface area contributed by atoms with Crippen LogP contribution in [0.1, 0.15) is 64.5 Å². The number of hydrogen-bond donors (Lipinski definition) is 1. The second-order valence-electron chi connectivity index (χ2n) is 8.23. The Morgan fingerprint density at radius 2 is 1.83 bits per heavy atom. The van der Waals surface area contributed by atoms with Crippen molar-refractivity contribution in [3.05, 3.63) is 64.5 Å². The summed E-state index contributed by atoms with van der Waals surface area (Å²) in [6.45, 7) is 1.93. The minimum absolute atomic E-state index is 0.0101. The third kappa shape index (κ3) is 4.10. The first-order valence-corrected chi connectivity index (χ1v) is 11.6. The highest BCUT2D eigenvalue weighted by Gasteiger charge is 2.36. The minimum Gasteiger partial charge on any atom is -0.478 e. The van der Waals surface area contributed by atoms with E-state index in [0.717, 1.165) is 41.6 Å². The minimum atomic E-state index is -0.923. The number of amides is 1. The summed E-state index contributed by atoms with van der Waals surface area (Å²) >= 11 is 1.51. The van der Waals surface area contributed by atoms with Crippen LogP contribution >= 0.6 is 11.8 Å². The highest BCUT2D eigenvalue weighted by atomic mass is 32.2. The lowest BCUT2D eigenvalue weighted by Crippen LogP contribution is -2.29. The Hall–Kier alpha value is -2.34. The molecule has 1 N–H and O–H groups in total. The fourth-order valence-electron chi connectivity index (χ4n) is 4.71. The van der Waals surface area contributed by atoms with Gasteiger partial charge >= 0.3 is 5.97 Å². The predicted octanol–water partition coefficient (Wildman–Crippen LogP) is 5.73. The molecule has 6 heteroatoms. The average molecular weight is 428 g/mol. The summed E-state index contributed by atoms with van der Waals surface area (Å²) in [5, 5.41) is 9.52. The van der Waals surface area contributed by atoms with Crippen molar-refractivity contribution in [2.24, 2.45) is 5.92 Å². The van der Waals surface area contributed by atoms with Gasteiger partial charge in [-0.2, -0.15) is 0 Å². The number of carbonyl (C=O) groups excluding carboxylic acids is 1. The lowest BCUT2D eigenvalue weighted by atomic mass is 9.82. The number of rotatable bonds is 5. The molecule has 2 fully saturated rings. The van der Waals surface area contributed by atoms with Crippen LogP contribution in [0, 0.1) is 18.7 Å². The Labute approximate surface area is 180 Å². The first kappa shape index (κ1) is 20.9. The van der Waals surface area contributed by atoms with Gasteiger partial charge in [0, 0.05) is 5.69 Å². The van der Waals surface area contributed by atoms with Crippen LogP contribution in [0.4, 0.5) is 10.1 Å². The molecular weight excluding hydrogens is 401 g/mol. The molecule has 1 saturated carbocycles. The smallest absolute Gasteiger partial charge is 0.335 e. The van der Waals surface area contributed by atoms with Crippen molar-refractivity contribution in [3.63, 3.8) is 0 Å². The van der Waals surface area contributed by atoms with Crippen molar-refractivity contribution in [2.75, 3.05) is 10.7 Å². The summed E-state index contributed by atoms with van der Waals surface area (Å²) in [6.07, 6.45) is 6.62. The number of halogens is 1. The van der Waals surface area contributed by atoms with Crippen molar-refractivity contribution in [3.8, 4) is 0 Å². The van der Waals surface area contributed by atoms with Gasteiger partial charge in [-0.1, -0.05) is 44.2 Å². The van der Waals surface area contributed by atoms with Gasteiger partial charge in [-0.05, 0) is 60.2 Å². The second kappa shape index (κ2) is 8.80. The quantitative estimate of drug-likeness (QED) is 0.662. The summed E-state index contributed by atoms with van der Waals surface area (Å²) < 4.78 is 13.4. The van der Waals surface area contributed by atoms with Crippen LogP contribution in [0.2, 0.25) is 0 Å². The molecule has 2 aromatic rings. The summed E-state index contributed by atoms with van der Waals surface area (Å²) in [4.78, 5) is 26.5. The fourth-order valence-corrected chi connectivity index (χ4v) is 5.88. The molecule has 0 radical (unpaired) electrons. The maximum absolute atomic E-state index is 13.4. The molecule has 1 saturated heterocycles. The molecule has 2 aliphatic rings. The van der Waals surface area contributed by atoms with Gasteiger partial charge in [0.1, 0.15) is 11.2 Å². The standard InChI is InChI=1S/C24H26FNO3S/c1-15-20(13-16-5-3-2-4-6-16)19(24(28)29)11-12-21(15)26-22(27)14-30-23(26)17-7-9-18(25)10-8-17/h7-12,16,23H,2-6,13-14H2,1H3,(H,28,29). The molecule has 0 spiro atoms. The molecule has 0 aromatic heterocycles. The van der Waals surface area contributed by atoms with Gasteiger partial charge < -0.3 is 5.11 Å². The highest BCUT2D eigenvalue weighted by molar-refractivity contribution is 8.00. The number of aromatic carboxylic acids is 1. The van der Waals surface area contributed by atoms with Gasteiger partial charge in [0.2, 0.25) is 5.91 Å². The summed E-state index contributed by atoms with van der Waals surface area (Å²) in [6, 6.07) is 9.63. The van der Waals surface area contributed by atoms with Gasteiger partial charge in [0.25, 0.3) is 0 Å². The summed E-state index contributed by atoms with van der Waals surface area (Å²) in [5.41, 5.74) is 3.66. The molecule has 0 bridgehead atoms. The van der Waals surface area contributed by atoms with Crippen LogP contribution in [0.25, 0.3) is 0 Å². The van der Waals surface area contributed by atoms with E-state index in [1.165, 1.54) is 43.2 Å². The van der Waals surface area contributed by atoms with Gasteiger partial charge in [0.05, 0.1) is 11.3 Å². The number of hydrogen-bond acceptors (Lipinski definition) is 3. The Balaban J connectivity index is 1.73. The van der Waals surface area contributed by atoms with Crippen LogP contribution in [-0.2, 0) is 11.2 Å². The molecule has 158 valence electrons. The van der Waals surface area contributed by atoms with Gasteiger partial charge in [-0.3, -0.25) is 9.69 Å². The molecule has 30 heavy (non-hydrogen) atoms. The number of thioether (sulfide) groups is 1. The summed E-state index contributed by atoms with van der Waals surface area (Å²) in [5.74, 6) is -0.407. The molecule has 1 unspecified atom stereocenters. The van der Waals surface area contributed by atoms with Crippen molar-refractivity contribution < 1.29 is 19.1 Å². The van der Waals surface area contributed by atoms with Crippen molar-refractivity contribution in [1.82, 2.24) is 0 Å². The summed E-state index contributed by atoms with van der Waals surface area (Å²) in [7, 11) is 0. The zero-order chi connectivity index (χ0) is 21.3. The number of nitrogens with zero attached hydrogens (tertiary/aromatic N) is 1. The third-order valence-corrected chi connectivity index (χ3v) is 7.51. The zero-order valence-electron chi connectivity index (χ0n) is 17.1. The largest absolute Gasteiger partial charge is 0.478 e. The topological polar surface area (TPSA) is 57.6 Å². The first-order valence-electron chi connectivity index (χ1n) is 10.5. The number of benzene rings is 2. The number of carboxylic acids is 1. The van der Waals surface area contributed by atoms with Crippen LogP contribution in [0.5, 0.6) is 0 Å². The number of anilines is 1. The Kier molecular flexibility index (Phi) is 6.14. The van der Waals surface area contributed by atoms with E-state index >= 15 is 0 Å². The Bertz CT molecular complexity index is 954. The van der Waals surface area contributed by atoms with E-state index in [-0.39, 0.29) is 17.1 Å². The molecule has 2 aromatic carbocycles. The Morgan fingerprint density at radius 3 is 2.50 bits per heavy atom. The zero-order valence-corrected chi connectivity index (χ0v) is 17.9. The lowest BCUT2D eigenvalue weighted by molar-refractivity contribution is -0.115. The van der Waals surface area contributed by atoms with E-state index in [0.29, 0.717) is 17.2 Å². The van der Waals surface area contributed by atoms with Crippen LogP contribution in [-0.4, -0.2) is 22.7 Å². The fraction of sp³-hybridized carbons (Fsp3) is 0.417. The predicted molar refractivity (Wildman–Crippen MR) is 118 cm³/mol. The number of carbonyl (C=O) groups is 2. The average Bonchev–Trinajstić information content (AvgIpc) is 3.12. The molecule has 1 atom stereocenters. The molecule has 4 nitrogen and oxygen atoms in total. The SMILES string of the molecule is Cc1c(N2C(=O)CSC2c2ccc(F)cc2)ccc(C(=O)O)c1CC1CCCCC1. The van der Waals surface area contributed by atoms with Gasteiger partial charge in [0.15, 0.2) is 0 Å². The van der Waals surface area contributed by atoms with Crippen LogP contribution in [0.3, 0.4) is 0 Å². The van der Waals surface area contributed by atoms with Crippen molar-refractivity contribution in [2.45, 2.75) is 50.8 Å². The van der Waals surface area contributed by atoms with Crippen LogP contribution in [0.15, 0.2) is 36.4 Å². The van der Waals surface area contributed by atoms with E-state index in [1.54, 1.807) is 29.2 Å². The second-order valence-corrected chi connectivity index (χ2v) is 9.30. The maximum Gasteiger partial charge on any atom is 0.335 e. The molecule has 1 heterocycles. The maximum atomic E-state index is 13.4. The van der Waals surface area contributed by atoms with Crippen molar-refractivity contribution >= 4 is 29.3 Å². The van der Waals surface area contributed by atoms with E-state index < -0.39 is 5.97 Å². The molecular formula is C24H26FNO3S. The highest BCUT2D eigenvalue weighted by Crippen LogP contribution is 2.44. The Morgan fingerprint density at radius 1 is 1.13 bits per heavy atom. The van der Waals surface area contributed by atoms with Crippen molar-refractivity contribution in [1.29, 1.82) is 0 Å². The van der Waals surface area contributed by atoms with Gasteiger partial charge in [-0.25, -0.2) is 9.18 Å². The van der Waals surface area contributed by atoms with E-state index in [4.69, 9.17) is 0 Å². The molecule has 1 aliphatic heterocycles. The normalized spacial score (nSPS) is 20.0. The van der Waals surface area contributed by atoms with E-state index in [9.17, 15) is 19.1 Å². The third-order valence-electron chi connectivity index (χ3n) is 6.30.